The van der Waals surface area contributed by atoms with Crippen molar-refractivity contribution in [2.45, 2.75) is 0 Å². The Morgan fingerprint density at radius 2 is 1.82 bits per heavy atom. The molecule has 0 saturated heterocycles. The molecular weight excluding hydrogens is 329 g/mol. The van der Waals surface area contributed by atoms with Gasteiger partial charge in [0, 0.05) is 18.2 Å². The smallest absolute Gasteiger partial charge is 0.135 e. The number of ether oxygens (including phenoxy) is 2. The highest BCUT2D eigenvalue weighted by atomic mass is 127. The van der Waals surface area contributed by atoms with Crippen LogP contribution < -0.4 is 9.47 Å². The second-order valence-corrected chi connectivity index (χ2v) is 5.06. The van der Waals surface area contributed by atoms with Crippen LogP contribution in [0.2, 0.25) is 0 Å². The number of benzene rings is 1. The fourth-order valence-corrected chi connectivity index (χ4v) is 2.12. The summed E-state index contributed by atoms with van der Waals surface area (Å²) in [5.74, 6) is 1.67. The third kappa shape index (κ3) is 4.20. The lowest BCUT2D eigenvalue weighted by Crippen LogP contribution is -2.10. The molecule has 0 saturated carbocycles. The summed E-state index contributed by atoms with van der Waals surface area (Å²) >= 11 is 2.26. The van der Waals surface area contributed by atoms with Crippen LogP contribution in [0.5, 0.6) is 11.5 Å². The zero-order valence-corrected chi connectivity index (χ0v) is 12.8. The highest BCUT2D eigenvalue weighted by molar-refractivity contribution is 14.1. The quantitative estimate of drug-likeness (QED) is 0.765. The van der Waals surface area contributed by atoms with Crippen molar-refractivity contribution in [2.75, 3.05) is 34.9 Å². The maximum absolute atomic E-state index is 5.35. The Morgan fingerprint density at radius 1 is 1.18 bits per heavy atom. The molecule has 0 atom stereocenters. The van der Waals surface area contributed by atoms with Gasteiger partial charge in [0.2, 0.25) is 0 Å². The Bertz CT molecular complexity index is 403. The predicted molar refractivity (Wildman–Crippen MR) is 79.9 cm³/mol. The maximum Gasteiger partial charge on any atom is 0.135 e. The van der Waals surface area contributed by atoms with E-state index >= 15 is 0 Å². The average molecular weight is 347 g/mol. The number of nitrogens with zero attached hydrogens (tertiary/aromatic N) is 1. The van der Waals surface area contributed by atoms with E-state index in [2.05, 4.69) is 45.7 Å². The summed E-state index contributed by atoms with van der Waals surface area (Å²) < 4.78 is 11.7. The van der Waals surface area contributed by atoms with Gasteiger partial charge >= 0.3 is 0 Å². The van der Waals surface area contributed by atoms with E-state index in [1.54, 1.807) is 14.2 Å². The van der Waals surface area contributed by atoms with Crippen LogP contribution >= 0.6 is 22.6 Å². The van der Waals surface area contributed by atoms with Crippen LogP contribution in [0.4, 0.5) is 0 Å². The Balaban J connectivity index is 2.98. The standard InChI is InChI=1S/C13H18INO2/c1-15(2)7-5-6-10-8-11(14)13(17-4)9-12(10)16-3/h5-6,8-9H,7H2,1-4H3/b6-5+. The highest BCUT2D eigenvalue weighted by Crippen LogP contribution is 2.30. The summed E-state index contributed by atoms with van der Waals surface area (Å²) in [5, 5.41) is 0. The number of likely N-dealkylation sites (N-methyl/N-ethyl adjacent to an activating group) is 1. The molecule has 1 aromatic rings. The second-order valence-electron chi connectivity index (χ2n) is 3.89. The van der Waals surface area contributed by atoms with Gasteiger partial charge in [-0.3, -0.25) is 0 Å². The van der Waals surface area contributed by atoms with Crippen molar-refractivity contribution in [1.29, 1.82) is 0 Å². The second kappa shape index (κ2) is 6.86. The first kappa shape index (κ1) is 14.3. The van der Waals surface area contributed by atoms with Gasteiger partial charge in [0.05, 0.1) is 17.8 Å². The van der Waals surface area contributed by atoms with Gasteiger partial charge in [0.15, 0.2) is 0 Å². The number of halogens is 1. The first-order chi connectivity index (χ1) is 8.08. The fourth-order valence-electron chi connectivity index (χ4n) is 1.40. The van der Waals surface area contributed by atoms with Crippen molar-refractivity contribution in [3.63, 3.8) is 0 Å². The summed E-state index contributed by atoms with van der Waals surface area (Å²) in [6.07, 6.45) is 4.18. The van der Waals surface area contributed by atoms with Crippen molar-refractivity contribution < 1.29 is 9.47 Å². The number of hydrogen-bond donors (Lipinski definition) is 0. The van der Waals surface area contributed by atoms with Crippen molar-refractivity contribution >= 4 is 28.7 Å². The summed E-state index contributed by atoms with van der Waals surface area (Å²) in [7, 11) is 7.42. The molecule has 0 N–H and O–H groups in total. The summed E-state index contributed by atoms with van der Waals surface area (Å²) in [6, 6.07) is 3.97. The van der Waals surface area contributed by atoms with Crippen molar-refractivity contribution in [3.05, 3.63) is 27.3 Å². The molecule has 0 fully saturated rings. The van der Waals surface area contributed by atoms with E-state index in [0.717, 1.165) is 27.2 Å². The van der Waals surface area contributed by atoms with Gasteiger partial charge in [-0.2, -0.15) is 0 Å². The molecule has 0 spiro atoms. The number of hydrogen-bond acceptors (Lipinski definition) is 3. The van der Waals surface area contributed by atoms with Crippen LogP contribution in [0.25, 0.3) is 6.08 Å². The lowest BCUT2D eigenvalue weighted by molar-refractivity contribution is 0.392. The normalized spacial score (nSPS) is 11.2. The number of methoxy groups -OCH3 is 2. The van der Waals surface area contributed by atoms with E-state index in [0.29, 0.717) is 0 Å². The first-order valence-corrected chi connectivity index (χ1v) is 6.39. The topological polar surface area (TPSA) is 21.7 Å². The van der Waals surface area contributed by atoms with Gasteiger partial charge in [-0.05, 0) is 42.8 Å². The van der Waals surface area contributed by atoms with Crippen molar-refractivity contribution in [3.8, 4) is 11.5 Å². The molecular formula is C13H18INO2. The number of rotatable bonds is 5. The molecule has 1 aromatic carbocycles. The maximum atomic E-state index is 5.35. The summed E-state index contributed by atoms with van der Waals surface area (Å²) in [6.45, 7) is 0.908. The molecule has 4 heteroatoms. The molecule has 17 heavy (non-hydrogen) atoms. The van der Waals surface area contributed by atoms with E-state index in [4.69, 9.17) is 9.47 Å². The van der Waals surface area contributed by atoms with Crippen LogP contribution in [-0.4, -0.2) is 39.8 Å². The van der Waals surface area contributed by atoms with E-state index in [9.17, 15) is 0 Å². The molecule has 0 aromatic heterocycles. The van der Waals surface area contributed by atoms with Crippen LogP contribution in [0.3, 0.4) is 0 Å². The van der Waals surface area contributed by atoms with E-state index in [1.807, 2.05) is 20.2 Å². The molecule has 0 unspecified atom stereocenters. The highest BCUT2D eigenvalue weighted by Gasteiger charge is 2.07. The van der Waals surface area contributed by atoms with Crippen LogP contribution in [0.15, 0.2) is 18.2 Å². The van der Waals surface area contributed by atoms with Crippen LogP contribution in [0, 0.1) is 3.57 Å². The summed E-state index contributed by atoms with van der Waals surface area (Å²) in [4.78, 5) is 2.11. The lowest BCUT2D eigenvalue weighted by atomic mass is 10.1. The van der Waals surface area contributed by atoms with Gasteiger partial charge in [-0.15, -0.1) is 0 Å². The van der Waals surface area contributed by atoms with Crippen LogP contribution in [0.1, 0.15) is 5.56 Å². The molecule has 0 amide bonds. The largest absolute Gasteiger partial charge is 0.496 e. The zero-order valence-electron chi connectivity index (χ0n) is 10.7. The van der Waals surface area contributed by atoms with E-state index < -0.39 is 0 Å². The molecule has 0 radical (unpaired) electrons. The Hall–Kier alpha value is -0.750. The van der Waals surface area contributed by atoms with E-state index in [-0.39, 0.29) is 0 Å². The molecule has 94 valence electrons. The average Bonchev–Trinajstić information content (AvgIpc) is 2.29. The predicted octanol–water partition coefficient (Wildman–Crippen LogP) is 2.88. The van der Waals surface area contributed by atoms with Crippen molar-refractivity contribution in [1.82, 2.24) is 4.90 Å². The molecule has 0 bridgehead atoms. The Morgan fingerprint density at radius 3 is 2.35 bits per heavy atom. The van der Waals surface area contributed by atoms with Gasteiger partial charge < -0.3 is 14.4 Å². The minimum atomic E-state index is 0.831. The zero-order chi connectivity index (χ0) is 12.8. The van der Waals surface area contributed by atoms with Gasteiger partial charge in [-0.1, -0.05) is 12.2 Å². The molecule has 0 aliphatic carbocycles. The van der Waals surface area contributed by atoms with Crippen molar-refractivity contribution in [2.24, 2.45) is 0 Å². The molecule has 3 nitrogen and oxygen atoms in total. The third-order valence-electron chi connectivity index (χ3n) is 2.27. The minimum absolute atomic E-state index is 0.831. The van der Waals surface area contributed by atoms with Gasteiger partial charge in [0.1, 0.15) is 11.5 Å². The monoisotopic (exact) mass is 347 g/mol. The molecule has 0 aliphatic rings. The lowest BCUT2D eigenvalue weighted by Gasteiger charge is -2.10. The Kier molecular flexibility index (Phi) is 5.77. The fraction of sp³-hybridized carbons (Fsp3) is 0.385. The Labute approximate surface area is 117 Å². The van der Waals surface area contributed by atoms with E-state index in [1.165, 1.54) is 0 Å². The van der Waals surface area contributed by atoms with Gasteiger partial charge in [0.25, 0.3) is 0 Å². The minimum Gasteiger partial charge on any atom is -0.496 e. The molecule has 0 aliphatic heterocycles. The van der Waals surface area contributed by atoms with Gasteiger partial charge in [-0.25, -0.2) is 0 Å². The summed E-state index contributed by atoms with van der Waals surface area (Å²) in [5.41, 5.74) is 1.07. The van der Waals surface area contributed by atoms with Crippen LogP contribution in [-0.2, 0) is 0 Å². The molecule has 1 rings (SSSR count). The SMILES string of the molecule is COc1cc(OC)c(/C=C/CN(C)C)cc1I. The molecule has 0 heterocycles. The third-order valence-corrected chi connectivity index (χ3v) is 3.12. The first-order valence-electron chi connectivity index (χ1n) is 5.31.